The molecule has 0 aromatic heterocycles. The van der Waals surface area contributed by atoms with Crippen LogP contribution in [0.25, 0.3) is 0 Å². The van der Waals surface area contributed by atoms with Gasteiger partial charge in [0.25, 0.3) is 0 Å². The van der Waals surface area contributed by atoms with E-state index in [1.54, 1.807) is 0 Å². The number of aliphatic hydroxyl groups is 1. The molecule has 2 unspecified atom stereocenters. The standard InChI is InChI=1S/C48H88O6/c1-3-5-7-9-11-13-15-17-19-21-23-25-27-29-33-40-47(51)53-42-36-31-32-39-46(50)45(44-49)38-35-37-43-54-48(52)41-34-30-28-26-24-22-20-18-16-14-12-10-8-6-4-2/h17-20,44-46,50H,3-16,21-43H2,1-2H3/b19-17-,20-18-. The number of rotatable bonds is 43. The quantitative estimate of drug-likeness (QED) is 0.0288. The lowest BCUT2D eigenvalue weighted by Gasteiger charge is -2.17. The Morgan fingerprint density at radius 1 is 0.444 bits per heavy atom. The summed E-state index contributed by atoms with van der Waals surface area (Å²) in [4.78, 5) is 35.7. The van der Waals surface area contributed by atoms with Crippen LogP contribution in [0.2, 0.25) is 0 Å². The summed E-state index contributed by atoms with van der Waals surface area (Å²) in [6.45, 7) is 5.32. The molecule has 0 aliphatic heterocycles. The fourth-order valence-electron chi connectivity index (χ4n) is 6.88. The van der Waals surface area contributed by atoms with Crippen molar-refractivity contribution >= 4 is 18.2 Å². The van der Waals surface area contributed by atoms with Crippen molar-refractivity contribution in [3.63, 3.8) is 0 Å². The molecule has 0 radical (unpaired) electrons. The highest BCUT2D eigenvalue weighted by atomic mass is 16.5. The molecule has 6 nitrogen and oxygen atoms in total. The predicted molar refractivity (Wildman–Crippen MR) is 229 cm³/mol. The van der Waals surface area contributed by atoms with Crippen molar-refractivity contribution in [3.8, 4) is 0 Å². The first-order valence-corrected chi connectivity index (χ1v) is 23.3. The van der Waals surface area contributed by atoms with Gasteiger partial charge in [0.05, 0.1) is 19.3 Å². The second-order valence-electron chi connectivity index (χ2n) is 15.8. The van der Waals surface area contributed by atoms with Gasteiger partial charge in [-0.15, -0.1) is 0 Å². The first-order valence-electron chi connectivity index (χ1n) is 23.3. The SMILES string of the molecule is CCCCCCCC/C=C\CCCCCCCC(=O)OCCCCCC(O)C(C=O)CCCCOC(=O)CCCCCCC/C=C\CCCCCCCC. The van der Waals surface area contributed by atoms with Gasteiger partial charge in [-0.3, -0.25) is 9.59 Å². The molecule has 0 bridgehead atoms. The van der Waals surface area contributed by atoms with Crippen LogP contribution in [-0.2, 0) is 23.9 Å². The fraction of sp³-hybridized carbons (Fsp3) is 0.854. The summed E-state index contributed by atoms with van der Waals surface area (Å²) >= 11 is 0. The number of hydrogen-bond acceptors (Lipinski definition) is 6. The molecule has 1 N–H and O–H groups in total. The van der Waals surface area contributed by atoms with E-state index >= 15 is 0 Å². The van der Waals surface area contributed by atoms with Gasteiger partial charge < -0.3 is 19.4 Å². The number of ether oxygens (including phenoxy) is 2. The Kier molecular flexibility index (Phi) is 42.2. The molecule has 0 saturated heterocycles. The summed E-state index contributed by atoms with van der Waals surface area (Å²) in [6, 6.07) is 0. The summed E-state index contributed by atoms with van der Waals surface area (Å²) in [5.74, 6) is -0.628. The number of aldehydes is 1. The zero-order valence-electron chi connectivity index (χ0n) is 35.7. The van der Waals surface area contributed by atoms with Crippen LogP contribution in [0.5, 0.6) is 0 Å². The van der Waals surface area contributed by atoms with Gasteiger partial charge in [-0.05, 0) is 103 Å². The van der Waals surface area contributed by atoms with E-state index in [9.17, 15) is 19.5 Å². The van der Waals surface area contributed by atoms with Crippen LogP contribution >= 0.6 is 0 Å². The molecule has 0 spiro atoms. The van der Waals surface area contributed by atoms with Crippen molar-refractivity contribution in [3.05, 3.63) is 24.3 Å². The minimum atomic E-state index is -0.658. The maximum absolute atomic E-state index is 12.1. The molecule has 0 aromatic carbocycles. The second kappa shape index (κ2) is 43.8. The van der Waals surface area contributed by atoms with Crippen LogP contribution in [0.15, 0.2) is 24.3 Å². The highest BCUT2D eigenvalue weighted by Gasteiger charge is 2.18. The highest BCUT2D eigenvalue weighted by molar-refractivity contribution is 5.69. The van der Waals surface area contributed by atoms with E-state index in [0.717, 1.165) is 64.1 Å². The van der Waals surface area contributed by atoms with Crippen molar-refractivity contribution < 1.29 is 29.0 Å². The third-order valence-corrected chi connectivity index (χ3v) is 10.6. The Labute approximate surface area is 334 Å². The molecule has 0 aliphatic carbocycles. The molecule has 6 heteroatoms. The van der Waals surface area contributed by atoms with E-state index in [1.807, 2.05) is 0 Å². The number of unbranched alkanes of at least 4 members (excludes halogenated alkanes) is 25. The summed E-state index contributed by atoms with van der Waals surface area (Å²) in [7, 11) is 0. The molecule has 0 rings (SSSR count). The zero-order valence-corrected chi connectivity index (χ0v) is 35.7. The van der Waals surface area contributed by atoms with E-state index in [1.165, 1.54) is 135 Å². The van der Waals surface area contributed by atoms with Crippen molar-refractivity contribution in [1.82, 2.24) is 0 Å². The third-order valence-electron chi connectivity index (χ3n) is 10.6. The van der Waals surface area contributed by atoms with Gasteiger partial charge in [-0.2, -0.15) is 0 Å². The third kappa shape index (κ3) is 39.7. The molecule has 54 heavy (non-hydrogen) atoms. The summed E-state index contributed by atoms with van der Waals surface area (Å²) in [6.07, 6.45) is 47.8. The lowest BCUT2D eigenvalue weighted by atomic mass is 9.93. The van der Waals surface area contributed by atoms with Crippen LogP contribution < -0.4 is 0 Å². The topological polar surface area (TPSA) is 89.9 Å². The Morgan fingerprint density at radius 2 is 0.778 bits per heavy atom. The largest absolute Gasteiger partial charge is 0.466 e. The van der Waals surface area contributed by atoms with Gasteiger partial charge >= 0.3 is 11.9 Å². The van der Waals surface area contributed by atoms with Crippen LogP contribution in [0.1, 0.15) is 239 Å². The van der Waals surface area contributed by atoms with Crippen molar-refractivity contribution in [2.24, 2.45) is 5.92 Å². The van der Waals surface area contributed by atoms with Crippen molar-refractivity contribution in [2.75, 3.05) is 13.2 Å². The minimum absolute atomic E-state index is 0.109. The number of esters is 2. The summed E-state index contributed by atoms with van der Waals surface area (Å²) in [5, 5.41) is 10.5. The number of hydrogen-bond donors (Lipinski definition) is 1. The predicted octanol–water partition coefficient (Wildman–Crippen LogP) is 14.1. The maximum Gasteiger partial charge on any atom is 0.305 e. The Hall–Kier alpha value is -1.95. The van der Waals surface area contributed by atoms with Crippen molar-refractivity contribution in [2.45, 2.75) is 245 Å². The van der Waals surface area contributed by atoms with Gasteiger partial charge in [-0.1, -0.05) is 147 Å². The fourth-order valence-corrected chi connectivity index (χ4v) is 6.88. The van der Waals surface area contributed by atoms with Gasteiger partial charge in [0.15, 0.2) is 0 Å². The molecule has 0 heterocycles. The van der Waals surface area contributed by atoms with E-state index in [0.29, 0.717) is 45.3 Å². The molecule has 316 valence electrons. The van der Waals surface area contributed by atoms with E-state index < -0.39 is 6.10 Å². The molecule has 0 saturated carbocycles. The first kappa shape index (κ1) is 52.0. The normalized spacial score (nSPS) is 12.8. The first-order chi connectivity index (χ1) is 26.5. The molecule has 0 aromatic rings. The van der Waals surface area contributed by atoms with Crippen LogP contribution in [0, 0.1) is 5.92 Å². The maximum atomic E-state index is 12.1. The van der Waals surface area contributed by atoms with Crippen molar-refractivity contribution in [1.29, 1.82) is 0 Å². The lowest BCUT2D eigenvalue weighted by Crippen LogP contribution is -2.22. The molecule has 0 aliphatic rings. The highest BCUT2D eigenvalue weighted by Crippen LogP contribution is 2.17. The molecular formula is C48H88O6. The van der Waals surface area contributed by atoms with Gasteiger partial charge in [0, 0.05) is 18.8 Å². The summed E-state index contributed by atoms with van der Waals surface area (Å²) in [5.41, 5.74) is 0. The molecule has 0 fully saturated rings. The zero-order chi connectivity index (χ0) is 39.4. The van der Waals surface area contributed by atoms with Crippen LogP contribution in [0.3, 0.4) is 0 Å². The Bertz CT molecular complexity index is 867. The van der Waals surface area contributed by atoms with Gasteiger partial charge in [0.1, 0.15) is 6.29 Å². The van der Waals surface area contributed by atoms with E-state index in [2.05, 4.69) is 38.2 Å². The number of allylic oxidation sites excluding steroid dienone is 4. The summed E-state index contributed by atoms with van der Waals surface area (Å²) < 4.78 is 10.8. The second-order valence-corrected chi connectivity index (χ2v) is 15.8. The minimum Gasteiger partial charge on any atom is -0.466 e. The number of carbonyl (C=O) groups excluding carboxylic acids is 3. The van der Waals surface area contributed by atoms with Crippen LogP contribution in [0.4, 0.5) is 0 Å². The van der Waals surface area contributed by atoms with Gasteiger partial charge in [-0.25, -0.2) is 0 Å². The molecule has 2 atom stereocenters. The number of carbonyl (C=O) groups is 3. The lowest BCUT2D eigenvalue weighted by molar-refractivity contribution is -0.144. The Morgan fingerprint density at radius 3 is 1.19 bits per heavy atom. The van der Waals surface area contributed by atoms with E-state index in [-0.39, 0.29) is 17.9 Å². The number of aliphatic hydroxyl groups excluding tert-OH is 1. The average molecular weight is 761 g/mol. The van der Waals surface area contributed by atoms with Gasteiger partial charge in [0.2, 0.25) is 0 Å². The monoisotopic (exact) mass is 761 g/mol. The smallest absolute Gasteiger partial charge is 0.305 e. The van der Waals surface area contributed by atoms with E-state index in [4.69, 9.17) is 9.47 Å². The average Bonchev–Trinajstić information content (AvgIpc) is 3.17. The van der Waals surface area contributed by atoms with Crippen LogP contribution in [-0.4, -0.2) is 42.6 Å². The molecular weight excluding hydrogens is 673 g/mol. The Balaban J connectivity index is 3.57. The molecule has 0 amide bonds.